The predicted molar refractivity (Wildman–Crippen MR) is 87.2 cm³/mol. The van der Waals surface area contributed by atoms with Gasteiger partial charge in [-0.2, -0.15) is 0 Å². The van der Waals surface area contributed by atoms with Gasteiger partial charge < -0.3 is 19.6 Å². The van der Waals surface area contributed by atoms with Crippen molar-refractivity contribution in [1.82, 2.24) is 10.3 Å². The van der Waals surface area contributed by atoms with Crippen LogP contribution in [0.1, 0.15) is 36.5 Å². The van der Waals surface area contributed by atoms with E-state index in [2.05, 4.69) is 16.9 Å². The van der Waals surface area contributed by atoms with Gasteiger partial charge in [-0.3, -0.25) is 0 Å². The molecule has 0 saturated heterocycles. The lowest BCUT2D eigenvalue weighted by Crippen LogP contribution is -2.39. The number of oxazole rings is 1. The molecular formula is C17H22N2O4. The van der Waals surface area contributed by atoms with Crippen LogP contribution < -0.4 is 5.32 Å². The quantitative estimate of drug-likeness (QED) is 0.799. The van der Waals surface area contributed by atoms with E-state index in [4.69, 9.17) is 9.15 Å². The summed E-state index contributed by atoms with van der Waals surface area (Å²) in [6.07, 6.45) is 0.312. The SMILES string of the molecule is C=CCOC(=O)N[C@H](CC)C(O)c1nc2c(C)ccc(C)c2o1. The van der Waals surface area contributed by atoms with Gasteiger partial charge in [0, 0.05) is 0 Å². The number of alkyl carbamates (subject to hydrolysis) is 1. The molecule has 1 heterocycles. The summed E-state index contributed by atoms with van der Waals surface area (Å²) in [6.45, 7) is 9.29. The normalized spacial score (nSPS) is 13.6. The van der Waals surface area contributed by atoms with Crippen molar-refractivity contribution < 1.29 is 19.1 Å². The number of hydrogen-bond donors (Lipinski definition) is 2. The molecule has 1 aromatic heterocycles. The molecule has 2 rings (SSSR count). The number of nitrogens with one attached hydrogen (secondary N) is 1. The van der Waals surface area contributed by atoms with Crippen LogP contribution in [0.5, 0.6) is 0 Å². The number of ether oxygens (including phenoxy) is 1. The first-order valence-electron chi connectivity index (χ1n) is 7.56. The third-order valence-electron chi connectivity index (χ3n) is 3.67. The van der Waals surface area contributed by atoms with Crippen molar-refractivity contribution >= 4 is 17.2 Å². The van der Waals surface area contributed by atoms with E-state index >= 15 is 0 Å². The van der Waals surface area contributed by atoms with E-state index in [9.17, 15) is 9.90 Å². The molecule has 1 amide bonds. The second-order valence-electron chi connectivity index (χ2n) is 5.42. The molecule has 1 aromatic carbocycles. The Labute approximate surface area is 135 Å². The second-order valence-corrected chi connectivity index (χ2v) is 5.42. The number of aliphatic hydroxyl groups excluding tert-OH is 1. The second kappa shape index (κ2) is 7.28. The van der Waals surface area contributed by atoms with Crippen LogP contribution in [-0.4, -0.2) is 28.8 Å². The summed E-state index contributed by atoms with van der Waals surface area (Å²) >= 11 is 0. The van der Waals surface area contributed by atoms with Gasteiger partial charge >= 0.3 is 6.09 Å². The van der Waals surface area contributed by atoms with Gasteiger partial charge in [0.25, 0.3) is 0 Å². The van der Waals surface area contributed by atoms with Crippen LogP contribution in [0.25, 0.3) is 11.1 Å². The molecule has 0 radical (unpaired) electrons. The average molecular weight is 318 g/mol. The zero-order valence-electron chi connectivity index (χ0n) is 13.6. The number of aromatic nitrogens is 1. The van der Waals surface area contributed by atoms with E-state index in [1.165, 1.54) is 6.08 Å². The highest BCUT2D eigenvalue weighted by atomic mass is 16.5. The highest BCUT2D eigenvalue weighted by molar-refractivity contribution is 5.79. The molecule has 124 valence electrons. The number of aryl methyl sites for hydroxylation is 2. The van der Waals surface area contributed by atoms with E-state index in [-0.39, 0.29) is 12.5 Å². The minimum atomic E-state index is -1.05. The third-order valence-corrected chi connectivity index (χ3v) is 3.67. The third kappa shape index (κ3) is 3.71. The molecule has 0 fully saturated rings. The number of hydrogen-bond acceptors (Lipinski definition) is 5. The predicted octanol–water partition coefficient (Wildman–Crippen LogP) is 3.17. The van der Waals surface area contributed by atoms with Gasteiger partial charge in [0.15, 0.2) is 11.7 Å². The van der Waals surface area contributed by atoms with Gasteiger partial charge in [0.1, 0.15) is 12.1 Å². The first kappa shape index (κ1) is 17.0. The Hall–Kier alpha value is -2.34. The summed E-state index contributed by atoms with van der Waals surface area (Å²) in [5.74, 6) is 0.188. The topological polar surface area (TPSA) is 84.6 Å². The van der Waals surface area contributed by atoms with Gasteiger partial charge in [-0.1, -0.05) is 31.7 Å². The highest BCUT2D eigenvalue weighted by Crippen LogP contribution is 2.27. The Bertz CT molecular complexity index is 669. The fourth-order valence-electron chi connectivity index (χ4n) is 2.31. The maximum absolute atomic E-state index is 11.6. The van der Waals surface area contributed by atoms with Crippen LogP contribution in [0.2, 0.25) is 0 Å². The Balaban J connectivity index is 2.22. The van der Waals surface area contributed by atoms with Crippen LogP contribution in [0.15, 0.2) is 29.2 Å². The molecule has 0 aliphatic rings. The van der Waals surface area contributed by atoms with Gasteiger partial charge in [0.2, 0.25) is 5.89 Å². The van der Waals surface area contributed by atoms with Crippen molar-refractivity contribution in [2.45, 2.75) is 39.3 Å². The van der Waals surface area contributed by atoms with Crippen molar-refractivity contribution in [1.29, 1.82) is 0 Å². The first-order valence-corrected chi connectivity index (χ1v) is 7.56. The fourth-order valence-corrected chi connectivity index (χ4v) is 2.31. The maximum Gasteiger partial charge on any atom is 0.407 e. The average Bonchev–Trinajstić information content (AvgIpc) is 3.00. The summed E-state index contributed by atoms with van der Waals surface area (Å²) in [4.78, 5) is 16.0. The molecule has 0 aliphatic heterocycles. The summed E-state index contributed by atoms with van der Waals surface area (Å²) in [5.41, 5.74) is 3.30. The van der Waals surface area contributed by atoms with E-state index < -0.39 is 18.2 Å². The van der Waals surface area contributed by atoms with Crippen LogP contribution >= 0.6 is 0 Å². The lowest BCUT2D eigenvalue weighted by Gasteiger charge is -2.20. The minimum Gasteiger partial charge on any atom is -0.445 e. The van der Waals surface area contributed by atoms with E-state index in [0.29, 0.717) is 12.0 Å². The van der Waals surface area contributed by atoms with Crippen molar-refractivity contribution in [3.8, 4) is 0 Å². The van der Waals surface area contributed by atoms with Crippen LogP contribution in [0.3, 0.4) is 0 Å². The molecule has 2 aromatic rings. The van der Waals surface area contributed by atoms with Gasteiger partial charge in [-0.05, 0) is 31.4 Å². The van der Waals surface area contributed by atoms with Crippen LogP contribution in [0, 0.1) is 13.8 Å². The number of carbonyl (C=O) groups excluding carboxylic acids is 1. The number of fused-ring (bicyclic) bond motifs is 1. The summed E-state index contributed by atoms with van der Waals surface area (Å²) in [6, 6.07) is 3.35. The molecule has 23 heavy (non-hydrogen) atoms. The highest BCUT2D eigenvalue weighted by Gasteiger charge is 2.27. The molecule has 6 nitrogen and oxygen atoms in total. The fraction of sp³-hybridized carbons (Fsp3) is 0.412. The minimum absolute atomic E-state index is 0.111. The molecule has 0 bridgehead atoms. The van der Waals surface area contributed by atoms with Crippen LogP contribution in [0.4, 0.5) is 4.79 Å². The molecule has 0 saturated carbocycles. The van der Waals surface area contributed by atoms with Crippen molar-refractivity contribution in [3.63, 3.8) is 0 Å². The zero-order valence-corrected chi connectivity index (χ0v) is 13.6. The Kier molecular flexibility index (Phi) is 5.39. The summed E-state index contributed by atoms with van der Waals surface area (Å²) < 4.78 is 10.6. The Morgan fingerprint density at radius 2 is 2.17 bits per heavy atom. The lowest BCUT2D eigenvalue weighted by molar-refractivity contribution is 0.0896. The largest absolute Gasteiger partial charge is 0.445 e. The van der Waals surface area contributed by atoms with Gasteiger partial charge in [-0.25, -0.2) is 9.78 Å². The number of amides is 1. The molecule has 2 atom stereocenters. The molecular weight excluding hydrogens is 296 g/mol. The molecule has 2 N–H and O–H groups in total. The van der Waals surface area contributed by atoms with Crippen LogP contribution in [-0.2, 0) is 4.74 Å². The van der Waals surface area contributed by atoms with Crippen molar-refractivity contribution in [3.05, 3.63) is 41.8 Å². The molecule has 1 unspecified atom stereocenters. The summed E-state index contributed by atoms with van der Waals surface area (Å²) in [5, 5.41) is 13.1. The standard InChI is InChI=1S/C17H22N2O4/c1-5-9-22-17(21)18-12(6-2)14(20)16-19-13-10(3)7-8-11(4)15(13)23-16/h5,7-8,12,14,20H,1,6,9H2,2-4H3,(H,18,21)/t12-,14?/m1/s1. The Morgan fingerprint density at radius 3 is 2.78 bits per heavy atom. The summed E-state index contributed by atoms with van der Waals surface area (Å²) in [7, 11) is 0. The van der Waals surface area contributed by atoms with Gasteiger partial charge in [0.05, 0.1) is 6.04 Å². The first-order chi connectivity index (χ1) is 11.0. The lowest BCUT2D eigenvalue weighted by atomic mass is 10.1. The number of nitrogens with zero attached hydrogens (tertiary/aromatic N) is 1. The van der Waals surface area contributed by atoms with E-state index in [1.54, 1.807) is 0 Å². The molecule has 6 heteroatoms. The van der Waals surface area contributed by atoms with Crippen molar-refractivity contribution in [2.24, 2.45) is 0 Å². The maximum atomic E-state index is 11.6. The van der Waals surface area contributed by atoms with E-state index in [1.807, 2.05) is 32.9 Å². The molecule has 0 spiro atoms. The van der Waals surface area contributed by atoms with Crippen molar-refractivity contribution in [2.75, 3.05) is 6.61 Å². The Morgan fingerprint density at radius 1 is 1.48 bits per heavy atom. The number of rotatable bonds is 6. The molecule has 0 aliphatic carbocycles. The van der Waals surface area contributed by atoms with E-state index in [0.717, 1.165) is 16.6 Å². The number of aliphatic hydroxyl groups is 1. The zero-order chi connectivity index (χ0) is 17.0. The number of carbonyl (C=O) groups is 1. The monoisotopic (exact) mass is 318 g/mol. The smallest absolute Gasteiger partial charge is 0.407 e. The van der Waals surface area contributed by atoms with Gasteiger partial charge in [-0.15, -0.1) is 0 Å². The number of benzene rings is 1.